The molecule has 0 aromatic heterocycles. The molecule has 0 saturated carbocycles. The molecule has 4 heteroatoms. The first-order valence-electron chi connectivity index (χ1n) is 1.79. The van der Waals surface area contributed by atoms with Crippen LogP contribution in [0.3, 0.4) is 0 Å². The van der Waals surface area contributed by atoms with Gasteiger partial charge in [-0.25, -0.2) is 11.1 Å². The average Bonchev–Trinajstić information content (AvgIpc) is 1.73. The number of carboxylic acids is 1. The van der Waals surface area contributed by atoms with E-state index in [1.54, 1.807) is 0 Å². The van der Waals surface area contributed by atoms with E-state index in [1.807, 2.05) is 0 Å². The number of hydrogen-bond acceptors (Lipinski definition) is 3. The van der Waals surface area contributed by atoms with Gasteiger partial charge in [0.25, 0.3) is 0 Å². The molecule has 0 amide bonds. The van der Waals surface area contributed by atoms with E-state index in [1.165, 1.54) is 6.92 Å². The van der Waals surface area contributed by atoms with Crippen LogP contribution in [0.1, 0.15) is 13.3 Å². The lowest BCUT2D eigenvalue weighted by Crippen LogP contribution is -2.42. The normalized spacial score (nSPS) is 6.14. The van der Waals surface area contributed by atoms with Gasteiger partial charge in [-0.05, 0) is 6.42 Å². The molecule has 0 heterocycles. The largest absolute Gasteiger partial charge is 0.550 e. The molecule has 0 radical (unpaired) electrons. The molecule has 0 atom stereocenters. The zero-order valence-corrected chi connectivity index (χ0v) is 4.18. The van der Waals surface area contributed by atoms with Gasteiger partial charge in [0.2, 0.25) is 0 Å². The third-order valence-electron chi connectivity index (χ3n) is 0.289. The zero-order chi connectivity index (χ0) is 6.28. The number of carboxylic acid groups (broad SMARTS) is 1. The van der Waals surface area contributed by atoms with Gasteiger partial charge in [0.1, 0.15) is 0 Å². The quantitative estimate of drug-likeness (QED) is 0.371. The van der Waals surface area contributed by atoms with Gasteiger partial charge in [0.05, 0.1) is 0 Å². The number of aliphatic carboxylic acids is 1. The van der Waals surface area contributed by atoms with Crippen molar-refractivity contribution in [2.45, 2.75) is 13.3 Å². The molecule has 0 aromatic carbocycles. The molecule has 0 saturated heterocycles. The highest BCUT2D eigenvalue weighted by molar-refractivity contribution is 5.63. The van der Waals surface area contributed by atoms with Gasteiger partial charge in [-0.15, -0.1) is 0 Å². The molecular weight excluding hydrogens is 98.0 g/mol. The summed E-state index contributed by atoms with van der Waals surface area (Å²) >= 11 is 0. The summed E-state index contributed by atoms with van der Waals surface area (Å²) in [5.74, 6) is 1.25. The first-order valence-corrected chi connectivity index (χ1v) is 1.79. The van der Waals surface area contributed by atoms with Crippen molar-refractivity contribution < 1.29 is 21.0 Å². The van der Waals surface area contributed by atoms with Crippen molar-refractivity contribution in [3.8, 4) is 0 Å². The highest BCUT2D eigenvalue weighted by atomic mass is 16.4. The number of rotatable bonds is 1. The average molecular weight is 107 g/mol. The molecular formula is C3H9NO3. The molecule has 0 fully saturated rings. The summed E-state index contributed by atoms with van der Waals surface area (Å²) in [7, 11) is 0. The van der Waals surface area contributed by atoms with Crippen molar-refractivity contribution >= 4 is 5.97 Å². The van der Waals surface area contributed by atoms with Crippen molar-refractivity contribution in [2.75, 3.05) is 0 Å². The predicted molar refractivity (Wildman–Crippen MR) is 20.0 cm³/mol. The van der Waals surface area contributed by atoms with E-state index in [4.69, 9.17) is 5.21 Å². The Morgan fingerprint density at radius 3 is 2.00 bits per heavy atom. The van der Waals surface area contributed by atoms with Gasteiger partial charge in [-0.3, -0.25) is 0 Å². The van der Waals surface area contributed by atoms with Gasteiger partial charge in [0, 0.05) is 5.97 Å². The van der Waals surface area contributed by atoms with Gasteiger partial charge < -0.3 is 9.90 Å². The Kier molecular flexibility index (Phi) is 12.4. The van der Waals surface area contributed by atoms with Crippen LogP contribution in [-0.2, 0) is 4.79 Å². The second kappa shape index (κ2) is 9.04. The highest BCUT2D eigenvalue weighted by Crippen LogP contribution is 1.61. The molecule has 4 nitrogen and oxygen atoms in total. The number of quaternary nitrogens is 1. The van der Waals surface area contributed by atoms with Crippen LogP contribution in [0, 0.1) is 0 Å². The third-order valence-corrected chi connectivity index (χ3v) is 0.289. The van der Waals surface area contributed by atoms with Gasteiger partial charge in [0.15, 0.2) is 0 Å². The topological polar surface area (TPSA) is 88.0 Å². The fourth-order valence-corrected chi connectivity index (χ4v) is 0. The Labute approximate surface area is 41.5 Å². The molecule has 7 heavy (non-hydrogen) atoms. The van der Waals surface area contributed by atoms with Crippen LogP contribution in [-0.4, -0.2) is 11.2 Å². The number of hydrogen-bond donors (Lipinski definition) is 2. The summed E-state index contributed by atoms with van der Waals surface area (Å²) < 4.78 is 0. The summed E-state index contributed by atoms with van der Waals surface area (Å²) in [6, 6.07) is 0. The molecule has 0 aliphatic carbocycles. The number of carbonyl (C=O) groups is 1. The Balaban J connectivity index is 0. The van der Waals surface area contributed by atoms with Crippen LogP contribution >= 0.6 is 0 Å². The first-order chi connectivity index (χ1) is 3.27. The van der Waals surface area contributed by atoms with Crippen molar-refractivity contribution in [3.05, 3.63) is 0 Å². The lowest BCUT2D eigenvalue weighted by atomic mass is 10.5. The van der Waals surface area contributed by atoms with E-state index >= 15 is 0 Å². The van der Waals surface area contributed by atoms with Crippen LogP contribution in [0.15, 0.2) is 0 Å². The van der Waals surface area contributed by atoms with Crippen LogP contribution in [0.25, 0.3) is 0 Å². The lowest BCUT2D eigenvalue weighted by molar-refractivity contribution is -0.670. The van der Waals surface area contributed by atoms with E-state index in [2.05, 4.69) is 5.90 Å². The molecule has 0 aromatic rings. The molecule has 0 rings (SSSR count). The third kappa shape index (κ3) is 32.1. The monoisotopic (exact) mass is 107 g/mol. The van der Waals surface area contributed by atoms with Crippen molar-refractivity contribution in [2.24, 2.45) is 0 Å². The summed E-state index contributed by atoms with van der Waals surface area (Å²) in [6.07, 6.45) is 0.111. The van der Waals surface area contributed by atoms with Crippen LogP contribution < -0.4 is 11.0 Å². The minimum Gasteiger partial charge on any atom is -0.550 e. The Morgan fingerprint density at radius 1 is 1.86 bits per heavy atom. The Bertz CT molecular complexity index is 45.4. The summed E-state index contributed by atoms with van der Waals surface area (Å²) in [5.41, 5.74) is 0. The molecule has 0 bridgehead atoms. The van der Waals surface area contributed by atoms with Crippen molar-refractivity contribution in [1.82, 2.24) is 0 Å². The smallest absolute Gasteiger partial charge is 0.0411 e. The maximum atomic E-state index is 9.26. The Morgan fingerprint density at radius 2 is 2.00 bits per heavy atom. The van der Waals surface area contributed by atoms with Crippen LogP contribution in [0.2, 0.25) is 0 Å². The highest BCUT2D eigenvalue weighted by Gasteiger charge is 1.65. The SMILES string of the molecule is CCC(=O)[O-].[NH3+]O. The van der Waals surface area contributed by atoms with E-state index in [0.29, 0.717) is 0 Å². The van der Waals surface area contributed by atoms with Crippen molar-refractivity contribution in [3.63, 3.8) is 0 Å². The van der Waals surface area contributed by atoms with E-state index in [9.17, 15) is 9.90 Å². The van der Waals surface area contributed by atoms with Gasteiger partial charge in [-0.1, -0.05) is 6.92 Å². The lowest BCUT2D eigenvalue weighted by Gasteiger charge is -1.87. The Hall–Kier alpha value is -0.610. The fourth-order valence-electron chi connectivity index (χ4n) is 0. The van der Waals surface area contributed by atoms with E-state index < -0.39 is 5.97 Å². The molecule has 0 spiro atoms. The minimum absolute atomic E-state index is 0.111. The van der Waals surface area contributed by atoms with Crippen LogP contribution in [0.5, 0.6) is 0 Å². The predicted octanol–water partition coefficient (Wildman–Crippen LogP) is -2.24. The summed E-state index contributed by atoms with van der Waals surface area (Å²) in [4.78, 5) is 9.26. The van der Waals surface area contributed by atoms with E-state index in [0.717, 1.165) is 0 Å². The minimum atomic E-state index is -0.995. The molecule has 0 aliphatic heterocycles. The fraction of sp³-hybridized carbons (Fsp3) is 0.667. The first kappa shape index (κ1) is 9.63. The summed E-state index contributed by atoms with van der Waals surface area (Å²) in [5, 5.41) is 16.0. The second-order valence-corrected chi connectivity index (χ2v) is 0.726. The van der Waals surface area contributed by atoms with Crippen LogP contribution in [0.4, 0.5) is 0 Å². The maximum absolute atomic E-state index is 9.26. The summed E-state index contributed by atoms with van der Waals surface area (Å²) in [6.45, 7) is 1.54. The molecule has 4 N–H and O–H groups in total. The van der Waals surface area contributed by atoms with Gasteiger partial charge >= 0.3 is 0 Å². The molecule has 0 aliphatic rings. The standard InChI is InChI=1S/C3H6O2.H4NO/c1-2-3(4)5;1-2/h2H2,1H3,(H,4,5);2H,1H3/q;+1/p-1. The van der Waals surface area contributed by atoms with Gasteiger partial charge in [-0.2, -0.15) is 0 Å². The maximum Gasteiger partial charge on any atom is 0.0411 e. The molecule has 44 valence electrons. The van der Waals surface area contributed by atoms with E-state index in [-0.39, 0.29) is 6.42 Å². The zero-order valence-electron chi connectivity index (χ0n) is 4.18. The van der Waals surface area contributed by atoms with Crippen molar-refractivity contribution in [1.29, 1.82) is 0 Å². The number of carbonyl (C=O) groups excluding carboxylic acids is 1. The second-order valence-electron chi connectivity index (χ2n) is 0.726. The molecule has 0 unspecified atom stereocenters.